The number of nitrogens with one attached hydrogen (secondary N) is 1. The van der Waals surface area contributed by atoms with Gasteiger partial charge in [-0.3, -0.25) is 4.79 Å². The molecule has 0 aliphatic carbocycles. The molecular formula is C17H19NO3S. The van der Waals surface area contributed by atoms with E-state index in [1.165, 1.54) is 12.1 Å². The molecule has 4 nitrogen and oxygen atoms in total. The van der Waals surface area contributed by atoms with E-state index in [1.807, 2.05) is 32.9 Å². The van der Waals surface area contributed by atoms with Crippen molar-refractivity contribution in [2.45, 2.75) is 25.7 Å². The first kappa shape index (κ1) is 16.2. The smallest absolute Gasteiger partial charge is 0.255 e. The molecule has 2 rings (SSSR count). The highest BCUT2D eigenvalue weighted by Crippen LogP contribution is 2.23. The Labute approximate surface area is 131 Å². The summed E-state index contributed by atoms with van der Waals surface area (Å²) < 4.78 is 23.2. The van der Waals surface area contributed by atoms with E-state index in [2.05, 4.69) is 5.32 Å². The molecule has 1 N–H and O–H groups in total. The predicted octanol–water partition coefficient (Wildman–Crippen LogP) is 3.27. The van der Waals surface area contributed by atoms with E-state index in [9.17, 15) is 13.2 Å². The second-order valence-corrected chi connectivity index (χ2v) is 7.54. The van der Waals surface area contributed by atoms with Crippen molar-refractivity contribution in [2.24, 2.45) is 0 Å². The van der Waals surface area contributed by atoms with E-state index in [1.54, 1.807) is 12.1 Å². The van der Waals surface area contributed by atoms with E-state index < -0.39 is 9.84 Å². The molecule has 0 fully saturated rings. The van der Waals surface area contributed by atoms with Gasteiger partial charge in [0.2, 0.25) is 0 Å². The Morgan fingerprint density at radius 2 is 1.59 bits per heavy atom. The zero-order valence-corrected chi connectivity index (χ0v) is 13.9. The van der Waals surface area contributed by atoms with Gasteiger partial charge in [-0.2, -0.15) is 0 Å². The lowest BCUT2D eigenvalue weighted by Gasteiger charge is -2.13. The Bertz CT molecular complexity index is 816. The number of benzene rings is 2. The minimum Gasteiger partial charge on any atom is -0.322 e. The highest BCUT2D eigenvalue weighted by Gasteiger charge is 2.13. The molecule has 2 aromatic carbocycles. The van der Waals surface area contributed by atoms with Crippen molar-refractivity contribution < 1.29 is 13.2 Å². The van der Waals surface area contributed by atoms with Crippen molar-refractivity contribution in [3.05, 3.63) is 58.7 Å². The van der Waals surface area contributed by atoms with Crippen LogP contribution < -0.4 is 5.32 Å². The van der Waals surface area contributed by atoms with Crippen molar-refractivity contribution in [2.75, 3.05) is 11.6 Å². The summed E-state index contributed by atoms with van der Waals surface area (Å²) in [5.41, 5.74) is 4.17. The molecule has 0 saturated carbocycles. The zero-order chi connectivity index (χ0) is 16.5. The summed E-state index contributed by atoms with van der Waals surface area (Å²) in [4.78, 5) is 12.5. The molecule has 0 spiro atoms. The van der Waals surface area contributed by atoms with Gasteiger partial charge in [-0.1, -0.05) is 23.8 Å². The number of hydrogen-bond donors (Lipinski definition) is 1. The first-order valence-electron chi connectivity index (χ1n) is 6.88. The second kappa shape index (κ2) is 5.93. The summed E-state index contributed by atoms with van der Waals surface area (Å²) in [5, 5.41) is 2.87. The third-order valence-corrected chi connectivity index (χ3v) is 4.55. The van der Waals surface area contributed by atoms with E-state index in [-0.39, 0.29) is 10.8 Å². The summed E-state index contributed by atoms with van der Waals surface area (Å²) >= 11 is 0. The van der Waals surface area contributed by atoms with Crippen molar-refractivity contribution in [1.82, 2.24) is 0 Å². The van der Waals surface area contributed by atoms with Crippen LogP contribution in [0.2, 0.25) is 0 Å². The Morgan fingerprint density at radius 3 is 2.14 bits per heavy atom. The second-order valence-electron chi connectivity index (χ2n) is 5.53. The molecule has 0 unspecified atom stereocenters. The maximum atomic E-state index is 12.4. The fraction of sp³-hybridized carbons (Fsp3) is 0.235. The van der Waals surface area contributed by atoms with Crippen LogP contribution in [0.15, 0.2) is 41.3 Å². The number of amides is 1. The van der Waals surface area contributed by atoms with Crippen LogP contribution in [0.25, 0.3) is 0 Å². The van der Waals surface area contributed by atoms with Gasteiger partial charge in [0.15, 0.2) is 9.84 Å². The van der Waals surface area contributed by atoms with Gasteiger partial charge in [-0.05, 0) is 50.1 Å². The van der Waals surface area contributed by atoms with Gasteiger partial charge in [0.05, 0.1) is 4.90 Å². The Kier molecular flexibility index (Phi) is 4.37. The number of rotatable bonds is 3. The Balaban J connectivity index is 2.35. The van der Waals surface area contributed by atoms with Crippen LogP contribution in [0.3, 0.4) is 0 Å². The minimum absolute atomic E-state index is 0.137. The van der Waals surface area contributed by atoms with Gasteiger partial charge in [0.1, 0.15) is 0 Å². The number of anilines is 1. The molecule has 116 valence electrons. The number of aryl methyl sites for hydroxylation is 3. The average molecular weight is 317 g/mol. The minimum atomic E-state index is -3.33. The van der Waals surface area contributed by atoms with E-state index in [4.69, 9.17) is 0 Å². The normalized spacial score (nSPS) is 11.3. The third-order valence-electron chi connectivity index (χ3n) is 3.44. The highest BCUT2D eigenvalue weighted by atomic mass is 32.2. The molecule has 1 amide bonds. The van der Waals surface area contributed by atoms with E-state index in [0.29, 0.717) is 5.56 Å². The van der Waals surface area contributed by atoms with Crippen LogP contribution in [0.1, 0.15) is 27.0 Å². The van der Waals surface area contributed by atoms with Gasteiger partial charge in [-0.15, -0.1) is 0 Å². The first-order valence-corrected chi connectivity index (χ1v) is 8.77. The SMILES string of the molecule is Cc1cc(C)c(NC(=O)c2cccc(S(C)(=O)=O)c2)c(C)c1. The predicted molar refractivity (Wildman–Crippen MR) is 88.2 cm³/mol. The molecule has 0 bridgehead atoms. The van der Waals surface area contributed by atoms with Crippen LogP contribution >= 0.6 is 0 Å². The molecule has 0 aliphatic heterocycles. The number of hydrogen-bond acceptors (Lipinski definition) is 3. The molecule has 0 radical (unpaired) electrons. The Morgan fingerprint density at radius 1 is 1.00 bits per heavy atom. The van der Waals surface area contributed by atoms with Gasteiger partial charge < -0.3 is 5.32 Å². The van der Waals surface area contributed by atoms with Crippen LogP contribution in [0, 0.1) is 20.8 Å². The molecule has 2 aromatic rings. The summed E-state index contributed by atoms with van der Waals surface area (Å²) in [6.45, 7) is 5.87. The molecular weight excluding hydrogens is 298 g/mol. The van der Waals surface area contributed by atoms with Crippen LogP contribution in [-0.2, 0) is 9.84 Å². The molecule has 0 heterocycles. The van der Waals surface area contributed by atoms with Crippen molar-refractivity contribution >= 4 is 21.4 Å². The standard InChI is InChI=1S/C17H19NO3S/c1-11-8-12(2)16(13(3)9-11)18-17(19)14-6-5-7-15(10-14)22(4,20)21/h5-10H,1-4H3,(H,18,19). The molecule has 5 heteroatoms. The fourth-order valence-corrected chi connectivity index (χ4v) is 3.10. The Hall–Kier alpha value is -2.14. The van der Waals surface area contributed by atoms with Crippen LogP contribution in [-0.4, -0.2) is 20.6 Å². The summed E-state index contributed by atoms with van der Waals surface area (Å²) in [6.07, 6.45) is 1.12. The lowest BCUT2D eigenvalue weighted by Crippen LogP contribution is -2.14. The van der Waals surface area contributed by atoms with Crippen LogP contribution in [0.4, 0.5) is 5.69 Å². The summed E-state index contributed by atoms with van der Waals surface area (Å²) in [5.74, 6) is -0.319. The fourth-order valence-electron chi connectivity index (χ4n) is 2.43. The van der Waals surface area contributed by atoms with Gasteiger partial charge >= 0.3 is 0 Å². The molecule has 0 aromatic heterocycles. The number of carbonyl (C=O) groups excluding carboxylic acids is 1. The molecule has 22 heavy (non-hydrogen) atoms. The number of sulfone groups is 1. The number of carbonyl (C=O) groups is 1. The summed E-state index contributed by atoms with van der Waals surface area (Å²) in [7, 11) is -3.33. The van der Waals surface area contributed by atoms with Gasteiger partial charge in [0.25, 0.3) is 5.91 Å². The summed E-state index contributed by atoms with van der Waals surface area (Å²) in [6, 6.07) is 10.0. The molecule has 0 saturated heterocycles. The quantitative estimate of drug-likeness (QED) is 0.945. The zero-order valence-electron chi connectivity index (χ0n) is 13.1. The van der Waals surface area contributed by atoms with Crippen molar-refractivity contribution in [1.29, 1.82) is 0 Å². The molecule has 0 atom stereocenters. The topological polar surface area (TPSA) is 63.2 Å². The van der Waals surface area contributed by atoms with Gasteiger partial charge in [0, 0.05) is 17.5 Å². The van der Waals surface area contributed by atoms with Gasteiger partial charge in [-0.25, -0.2) is 8.42 Å². The van der Waals surface area contributed by atoms with E-state index >= 15 is 0 Å². The lowest BCUT2D eigenvalue weighted by atomic mass is 10.0. The van der Waals surface area contributed by atoms with Crippen molar-refractivity contribution in [3.63, 3.8) is 0 Å². The van der Waals surface area contributed by atoms with Crippen LogP contribution in [0.5, 0.6) is 0 Å². The average Bonchev–Trinajstić information content (AvgIpc) is 2.41. The monoisotopic (exact) mass is 317 g/mol. The lowest BCUT2D eigenvalue weighted by molar-refractivity contribution is 0.102. The largest absolute Gasteiger partial charge is 0.322 e. The van der Waals surface area contributed by atoms with Crippen molar-refractivity contribution in [3.8, 4) is 0 Å². The molecule has 0 aliphatic rings. The third kappa shape index (κ3) is 3.54. The maximum absolute atomic E-state index is 12.4. The maximum Gasteiger partial charge on any atom is 0.255 e. The highest BCUT2D eigenvalue weighted by molar-refractivity contribution is 7.90. The van der Waals surface area contributed by atoms with E-state index in [0.717, 1.165) is 28.6 Å². The first-order chi connectivity index (χ1) is 10.2.